The second-order valence-electron chi connectivity index (χ2n) is 3.31. The third kappa shape index (κ3) is 2.82. The predicted molar refractivity (Wildman–Crippen MR) is 41.3 cm³/mol. The molecule has 0 aliphatic carbocycles. The Morgan fingerprint density at radius 1 is 1.54 bits per heavy atom. The van der Waals surface area contributed by atoms with Crippen LogP contribution >= 0.6 is 0 Å². The highest BCUT2D eigenvalue weighted by molar-refractivity contribution is 4.84. The second kappa shape index (κ2) is 3.81. The number of nitrogens with zero attached hydrogens (tertiary/aromatic N) is 1. The maximum Gasteiger partial charge on any atom is 0.415 e. The largest absolute Gasteiger partial charge is 0.415 e. The molecule has 1 heterocycles. The highest BCUT2D eigenvalue weighted by Gasteiger charge is 2.39. The van der Waals surface area contributed by atoms with E-state index in [1.54, 1.807) is 7.05 Å². The zero-order valence-electron chi connectivity index (χ0n) is 7.30. The van der Waals surface area contributed by atoms with Crippen LogP contribution in [0.2, 0.25) is 0 Å². The average molecular weight is 198 g/mol. The highest BCUT2D eigenvalue weighted by Crippen LogP contribution is 2.21. The maximum atomic E-state index is 11.9. The smallest absolute Gasteiger partial charge is 0.382 e. The van der Waals surface area contributed by atoms with Crippen molar-refractivity contribution in [2.75, 3.05) is 26.7 Å². The zero-order chi connectivity index (χ0) is 10.1. The van der Waals surface area contributed by atoms with Crippen molar-refractivity contribution in [1.29, 1.82) is 0 Å². The minimum Gasteiger partial charge on any atom is -0.382 e. The number of likely N-dealkylation sites (N-methyl/N-ethyl adjacent to an activating group) is 1. The van der Waals surface area contributed by atoms with Gasteiger partial charge in [0.05, 0.1) is 0 Å². The summed E-state index contributed by atoms with van der Waals surface area (Å²) in [5.74, 6) is 0. The van der Waals surface area contributed by atoms with Crippen molar-refractivity contribution in [3.8, 4) is 0 Å². The molecule has 1 atom stereocenters. The van der Waals surface area contributed by atoms with Crippen molar-refractivity contribution in [2.24, 2.45) is 0 Å². The molecule has 0 aromatic carbocycles. The van der Waals surface area contributed by atoms with E-state index < -0.39 is 12.3 Å². The fraction of sp³-hybridized carbons (Fsp3) is 1.00. The third-order valence-electron chi connectivity index (χ3n) is 2.22. The first kappa shape index (κ1) is 10.7. The number of alkyl halides is 3. The van der Waals surface area contributed by atoms with Gasteiger partial charge in [-0.3, -0.25) is 4.90 Å². The maximum absolute atomic E-state index is 11.9. The van der Waals surface area contributed by atoms with E-state index in [2.05, 4.69) is 5.32 Å². The summed E-state index contributed by atoms with van der Waals surface area (Å²) in [4.78, 5) is 1.52. The van der Waals surface area contributed by atoms with Crippen molar-refractivity contribution >= 4 is 0 Å². The number of rotatable bonds is 3. The second-order valence-corrected chi connectivity index (χ2v) is 3.31. The van der Waals surface area contributed by atoms with Gasteiger partial charge in [0.15, 0.2) is 6.10 Å². The van der Waals surface area contributed by atoms with E-state index in [-0.39, 0.29) is 12.6 Å². The van der Waals surface area contributed by atoms with Crippen LogP contribution in [0.15, 0.2) is 0 Å². The quantitative estimate of drug-likeness (QED) is 0.660. The van der Waals surface area contributed by atoms with Crippen LogP contribution in [0.1, 0.15) is 0 Å². The molecule has 78 valence electrons. The molecular weight excluding hydrogens is 185 g/mol. The first-order valence-electron chi connectivity index (χ1n) is 4.07. The highest BCUT2D eigenvalue weighted by atomic mass is 19.4. The van der Waals surface area contributed by atoms with Gasteiger partial charge in [0.1, 0.15) is 0 Å². The molecule has 0 aromatic rings. The SMILES string of the molecule is CN(CC(O)C(F)(F)F)C1CNC1. The molecule has 0 aromatic heterocycles. The van der Waals surface area contributed by atoms with E-state index in [1.165, 1.54) is 4.90 Å². The van der Waals surface area contributed by atoms with Crippen LogP contribution in [0.3, 0.4) is 0 Å². The Kier molecular flexibility index (Phi) is 3.15. The minimum atomic E-state index is -4.51. The van der Waals surface area contributed by atoms with Crippen LogP contribution in [0.25, 0.3) is 0 Å². The molecule has 0 spiro atoms. The Morgan fingerprint density at radius 3 is 2.38 bits per heavy atom. The zero-order valence-corrected chi connectivity index (χ0v) is 7.30. The fourth-order valence-electron chi connectivity index (χ4n) is 1.11. The summed E-state index contributed by atoms with van der Waals surface area (Å²) >= 11 is 0. The summed E-state index contributed by atoms with van der Waals surface area (Å²) < 4.78 is 35.7. The molecule has 0 amide bonds. The number of hydrogen-bond donors (Lipinski definition) is 2. The van der Waals surface area contributed by atoms with Crippen molar-refractivity contribution in [1.82, 2.24) is 10.2 Å². The predicted octanol–water partition coefficient (Wildman–Crippen LogP) is -0.187. The molecule has 1 aliphatic rings. The van der Waals surface area contributed by atoms with Gasteiger partial charge in [-0.1, -0.05) is 0 Å². The Hall–Kier alpha value is -0.330. The number of halogens is 3. The van der Waals surface area contributed by atoms with Gasteiger partial charge in [-0.25, -0.2) is 0 Å². The lowest BCUT2D eigenvalue weighted by Crippen LogP contribution is -2.58. The number of aliphatic hydroxyl groups excluding tert-OH is 1. The van der Waals surface area contributed by atoms with Crippen LogP contribution in [-0.4, -0.2) is 55.0 Å². The molecule has 0 bridgehead atoms. The molecule has 0 radical (unpaired) electrons. The molecule has 1 rings (SSSR count). The van der Waals surface area contributed by atoms with Gasteiger partial charge >= 0.3 is 6.18 Å². The number of nitrogens with one attached hydrogen (secondary N) is 1. The summed E-state index contributed by atoms with van der Waals surface area (Å²) in [5.41, 5.74) is 0. The summed E-state index contributed by atoms with van der Waals surface area (Å²) in [6.07, 6.45) is -6.75. The Bertz CT molecular complexity index is 170. The molecular formula is C7H13F3N2O. The lowest BCUT2D eigenvalue weighted by atomic mass is 10.1. The van der Waals surface area contributed by atoms with Crippen molar-refractivity contribution < 1.29 is 18.3 Å². The van der Waals surface area contributed by atoms with Gasteiger partial charge in [-0.15, -0.1) is 0 Å². The van der Waals surface area contributed by atoms with Gasteiger partial charge in [-0.2, -0.15) is 13.2 Å². The third-order valence-corrected chi connectivity index (χ3v) is 2.22. The lowest BCUT2D eigenvalue weighted by molar-refractivity contribution is -0.209. The standard InChI is InChI=1S/C7H13F3N2O/c1-12(5-2-11-3-5)4-6(13)7(8,9)10/h5-6,11,13H,2-4H2,1H3. The number of aliphatic hydroxyl groups is 1. The summed E-state index contributed by atoms with van der Waals surface area (Å²) in [6.45, 7) is 1.04. The van der Waals surface area contributed by atoms with E-state index in [9.17, 15) is 13.2 Å². The van der Waals surface area contributed by atoms with E-state index in [1.807, 2.05) is 0 Å². The van der Waals surface area contributed by atoms with Gasteiger partial charge in [0.25, 0.3) is 0 Å². The lowest BCUT2D eigenvalue weighted by Gasteiger charge is -2.36. The first-order valence-corrected chi connectivity index (χ1v) is 4.07. The van der Waals surface area contributed by atoms with Gasteiger partial charge in [0, 0.05) is 25.7 Å². The van der Waals surface area contributed by atoms with Crippen LogP contribution < -0.4 is 5.32 Å². The monoisotopic (exact) mass is 198 g/mol. The normalized spacial score (nSPS) is 21.7. The topological polar surface area (TPSA) is 35.5 Å². The summed E-state index contributed by atoms with van der Waals surface area (Å²) in [5, 5.41) is 11.7. The summed E-state index contributed by atoms with van der Waals surface area (Å²) in [6, 6.07) is 0.122. The molecule has 3 nitrogen and oxygen atoms in total. The van der Waals surface area contributed by atoms with E-state index in [0.717, 1.165) is 0 Å². The van der Waals surface area contributed by atoms with Crippen LogP contribution in [0.4, 0.5) is 13.2 Å². The fourth-order valence-corrected chi connectivity index (χ4v) is 1.11. The van der Waals surface area contributed by atoms with Gasteiger partial charge in [-0.05, 0) is 7.05 Å². The molecule has 13 heavy (non-hydrogen) atoms. The summed E-state index contributed by atoms with van der Waals surface area (Å²) in [7, 11) is 1.58. The molecule has 1 aliphatic heterocycles. The van der Waals surface area contributed by atoms with Crippen LogP contribution in [0.5, 0.6) is 0 Å². The van der Waals surface area contributed by atoms with Gasteiger partial charge < -0.3 is 10.4 Å². The van der Waals surface area contributed by atoms with E-state index in [0.29, 0.717) is 13.1 Å². The van der Waals surface area contributed by atoms with Crippen molar-refractivity contribution in [2.45, 2.75) is 18.3 Å². The molecule has 6 heteroatoms. The minimum absolute atomic E-state index is 0.122. The molecule has 2 N–H and O–H groups in total. The van der Waals surface area contributed by atoms with E-state index >= 15 is 0 Å². The Labute approximate surface area is 74.5 Å². The van der Waals surface area contributed by atoms with Crippen molar-refractivity contribution in [3.63, 3.8) is 0 Å². The Balaban J connectivity index is 2.30. The Morgan fingerprint density at radius 2 is 2.08 bits per heavy atom. The number of hydrogen-bond acceptors (Lipinski definition) is 3. The molecule has 0 saturated carbocycles. The first-order chi connectivity index (χ1) is 5.91. The van der Waals surface area contributed by atoms with E-state index in [4.69, 9.17) is 5.11 Å². The van der Waals surface area contributed by atoms with Crippen molar-refractivity contribution in [3.05, 3.63) is 0 Å². The van der Waals surface area contributed by atoms with Crippen LogP contribution in [-0.2, 0) is 0 Å². The van der Waals surface area contributed by atoms with Gasteiger partial charge in [0.2, 0.25) is 0 Å². The molecule has 1 fully saturated rings. The van der Waals surface area contributed by atoms with Crippen LogP contribution in [0, 0.1) is 0 Å². The molecule has 1 saturated heterocycles. The average Bonchev–Trinajstić information content (AvgIpc) is 1.79. The molecule has 1 unspecified atom stereocenters.